The van der Waals surface area contributed by atoms with Gasteiger partial charge in [-0.25, -0.2) is 9.37 Å². The summed E-state index contributed by atoms with van der Waals surface area (Å²) in [5.41, 5.74) is 4.18. The van der Waals surface area contributed by atoms with Gasteiger partial charge in [-0.15, -0.1) is 11.3 Å². The topological polar surface area (TPSA) is 82.8 Å². The first-order chi connectivity index (χ1) is 20.4. The normalized spacial score (nSPS) is 11.6. The molecule has 0 bridgehead atoms. The summed E-state index contributed by atoms with van der Waals surface area (Å²) in [6.07, 6.45) is 3.31. The molecule has 5 nitrogen and oxygen atoms in total. The van der Waals surface area contributed by atoms with E-state index in [4.69, 9.17) is 4.98 Å². The zero-order valence-electron chi connectivity index (χ0n) is 22.5. The summed E-state index contributed by atoms with van der Waals surface area (Å²) >= 11 is 2.72. The predicted molar refractivity (Wildman–Crippen MR) is 168 cm³/mol. The summed E-state index contributed by atoms with van der Waals surface area (Å²) in [4.78, 5) is 31.4. The quantitative estimate of drug-likeness (QED) is 0.106. The zero-order chi connectivity index (χ0) is 29.5. The van der Waals surface area contributed by atoms with Crippen LogP contribution in [0, 0.1) is 17.1 Å². The number of pyridine rings is 1. The van der Waals surface area contributed by atoms with Crippen molar-refractivity contribution < 1.29 is 14.0 Å². The Hall–Kier alpha value is -4.84. The first-order valence-electron chi connectivity index (χ1n) is 13.0. The smallest absolute Gasteiger partial charge is 0.237 e. The van der Waals surface area contributed by atoms with E-state index in [2.05, 4.69) is 11.4 Å². The van der Waals surface area contributed by atoms with Gasteiger partial charge in [0.05, 0.1) is 16.5 Å². The van der Waals surface area contributed by atoms with E-state index >= 15 is 0 Å². The lowest BCUT2D eigenvalue weighted by Gasteiger charge is -2.16. The van der Waals surface area contributed by atoms with Crippen LogP contribution in [0.25, 0.3) is 28.5 Å². The van der Waals surface area contributed by atoms with E-state index in [1.165, 1.54) is 30.0 Å². The van der Waals surface area contributed by atoms with Crippen molar-refractivity contribution in [2.24, 2.45) is 0 Å². The summed E-state index contributed by atoms with van der Waals surface area (Å²) in [6.45, 7) is 1.74. The number of rotatable bonds is 9. The Morgan fingerprint density at radius 2 is 1.71 bits per heavy atom. The number of anilines is 1. The zero-order valence-corrected chi connectivity index (χ0v) is 24.1. The van der Waals surface area contributed by atoms with Gasteiger partial charge in [-0.2, -0.15) is 5.26 Å². The van der Waals surface area contributed by atoms with Gasteiger partial charge in [-0.1, -0.05) is 48.2 Å². The Kier molecular flexibility index (Phi) is 9.02. The summed E-state index contributed by atoms with van der Waals surface area (Å²) in [5.74, 6) is -0.769. The van der Waals surface area contributed by atoms with E-state index < -0.39 is 5.25 Å². The molecule has 2 aromatic heterocycles. The Bertz CT molecular complexity index is 1780. The maximum Gasteiger partial charge on any atom is 0.237 e. The molecule has 206 valence electrons. The molecule has 1 unspecified atom stereocenters. The molecule has 0 aliphatic rings. The average Bonchev–Trinajstić information content (AvgIpc) is 3.54. The van der Waals surface area contributed by atoms with Gasteiger partial charge in [0, 0.05) is 27.3 Å². The Morgan fingerprint density at radius 1 is 0.976 bits per heavy atom. The van der Waals surface area contributed by atoms with Gasteiger partial charge in [0.15, 0.2) is 5.78 Å². The van der Waals surface area contributed by atoms with Crippen molar-refractivity contribution >= 4 is 46.6 Å². The third-order valence-corrected chi connectivity index (χ3v) is 8.28. The fourth-order valence-corrected chi connectivity index (χ4v) is 5.70. The predicted octanol–water partition coefficient (Wildman–Crippen LogP) is 8.50. The maximum absolute atomic E-state index is 13.6. The molecule has 0 saturated carbocycles. The molecule has 0 saturated heterocycles. The Morgan fingerprint density at radius 3 is 2.38 bits per heavy atom. The molecule has 1 amide bonds. The summed E-state index contributed by atoms with van der Waals surface area (Å²) in [6, 6.07) is 30.1. The lowest BCUT2D eigenvalue weighted by molar-refractivity contribution is -0.115. The number of hydrogen-bond acceptors (Lipinski definition) is 6. The number of aromatic nitrogens is 1. The summed E-state index contributed by atoms with van der Waals surface area (Å²) in [7, 11) is 0. The van der Waals surface area contributed by atoms with E-state index in [1.807, 2.05) is 53.9 Å². The summed E-state index contributed by atoms with van der Waals surface area (Å²) < 4.78 is 13.6. The van der Waals surface area contributed by atoms with E-state index in [0.29, 0.717) is 38.7 Å². The van der Waals surface area contributed by atoms with Gasteiger partial charge in [0.2, 0.25) is 5.91 Å². The van der Waals surface area contributed by atoms with Crippen LogP contribution < -0.4 is 5.32 Å². The second-order valence-electron chi connectivity index (χ2n) is 9.26. The minimum absolute atomic E-state index is 0.129. The second kappa shape index (κ2) is 13.2. The molecule has 0 aliphatic heterocycles. The fourth-order valence-electron chi connectivity index (χ4n) is 4.15. The highest BCUT2D eigenvalue weighted by Gasteiger charge is 2.22. The molecule has 0 aliphatic carbocycles. The first-order valence-corrected chi connectivity index (χ1v) is 14.8. The van der Waals surface area contributed by atoms with Crippen LogP contribution in [-0.4, -0.2) is 21.9 Å². The molecule has 8 heteroatoms. The van der Waals surface area contributed by atoms with Gasteiger partial charge >= 0.3 is 0 Å². The van der Waals surface area contributed by atoms with Crippen molar-refractivity contribution in [2.75, 3.05) is 5.32 Å². The van der Waals surface area contributed by atoms with Crippen LogP contribution in [0.3, 0.4) is 0 Å². The number of amides is 1. The van der Waals surface area contributed by atoms with E-state index in [0.717, 1.165) is 10.4 Å². The second-order valence-corrected chi connectivity index (χ2v) is 11.6. The molecule has 0 radical (unpaired) electrons. The monoisotopic (exact) mass is 589 g/mol. The lowest BCUT2D eigenvalue weighted by Crippen LogP contribution is -2.22. The molecule has 5 rings (SSSR count). The number of nitrogens with one attached hydrogen (secondary N) is 1. The van der Waals surface area contributed by atoms with Crippen molar-refractivity contribution in [1.29, 1.82) is 5.26 Å². The number of nitrogens with zero attached hydrogens (tertiary/aromatic N) is 2. The van der Waals surface area contributed by atoms with Crippen molar-refractivity contribution in [3.8, 4) is 28.5 Å². The SMILES string of the molecule is CC(Sc1nc(-c2ccc(F)cc2)cc(-c2ccccc2)c1C#N)C(=O)Nc1ccc(C(=O)C=Cc2cccs2)cc1. The van der Waals surface area contributed by atoms with Crippen LogP contribution in [0.1, 0.15) is 27.7 Å². The van der Waals surface area contributed by atoms with Crippen LogP contribution in [0.15, 0.2) is 114 Å². The van der Waals surface area contributed by atoms with E-state index in [9.17, 15) is 19.2 Å². The van der Waals surface area contributed by atoms with Gasteiger partial charge in [-0.05, 0) is 90.7 Å². The fraction of sp³-hybridized carbons (Fsp3) is 0.0588. The third kappa shape index (κ3) is 6.89. The minimum Gasteiger partial charge on any atom is -0.325 e. The lowest BCUT2D eigenvalue weighted by atomic mass is 9.99. The molecule has 0 spiro atoms. The number of allylic oxidation sites excluding steroid dienone is 1. The third-order valence-electron chi connectivity index (χ3n) is 6.36. The standard InChI is InChI=1S/C34H24FN3O2S2/c1-22(33(40)37-27-15-11-25(12-16-27)32(39)18-17-28-8-5-19-41-28)42-34-30(21-36)29(23-6-3-2-4-7-23)20-31(38-34)24-9-13-26(35)14-10-24/h2-20,22H,1H3,(H,37,40). The van der Waals surface area contributed by atoms with Crippen molar-refractivity contribution in [3.63, 3.8) is 0 Å². The highest BCUT2D eigenvalue weighted by atomic mass is 32.2. The Labute approximate surface area is 251 Å². The molecular formula is C34H24FN3O2S2. The highest BCUT2D eigenvalue weighted by Crippen LogP contribution is 2.36. The molecule has 42 heavy (non-hydrogen) atoms. The summed E-state index contributed by atoms with van der Waals surface area (Å²) in [5, 5.41) is 14.7. The van der Waals surface area contributed by atoms with Crippen LogP contribution in [-0.2, 0) is 4.79 Å². The van der Waals surface area contributed by atoms with Crippen molar-refractivity contribution in [1.82, 2.24) is 4.98 Å². The Balaban J connectivity index is 1.35. The van der Waals surface area contributed by atoms with E-state index in [1.54, 1.807) is 60.7 Å². The average molecular weight is 590 g/mol. The largest absolute Gasteiger partial charge is 0.325 e. The maximum atomic E-state index is 13.6. The van der Waals surface area contributed by atoms with Crippen molar-refractivity contribution in [2.45, 2.75) is 17.2 Å². The molecule has 2 heterocycles. The number of carbonyl (C=O) groups is 2. The number of thioether (sulfide) groups is 1. The minimum atomic E-state index is -0.605. The number of hydrogen-bond donors (Lipinski definition) is 1. The molecule has 1 atom stereocenters. The molecule has 1 N–H and O–H groups in total. The van der Waals surface area contributed by atoms with Gasteiger partial charge in [0.1, 0.15) is 16.9 Å². The van der Waals surface area contributed by atoms with Crippen LogP contribution in [0.5, 0.6) is 0 Å². The van der Waals surface area contributed by atoms with Crippen LogP contribution in [0.4, 0.5) is 10.1 Å². The van der Waals surface area contributed by atoms with Crippen molar-refractivity contribution in [3.05, 3.63) is 130 Å². The van der Waals surface area contributed by atoms with Crippen LogP contribution in [0.2, 0.25) is 0 Å². The number of carbonyl (C=O) groups excluding carboxylic acids is 2. The molecule has 3 aromatic carbocycles. The molecule has 5 aromatic rings. The van der Waals surface area contributed by atoms with Gasteiger partial charge in [0.25, 0.3) is 0 Å². The number of ketones is 1. The molecular weight excluding hydrogens is 566 g/mol. The number of thiophene rings is 1. The number of nitriles is 1. The van der Waals surface area contributed by atoms with Gasteiger partial charge in [-0.3, -0.25) is 9.59 Å². The highest BCUT2D eigenvalue weighted by molar-refractivity contribution is 8.00. The number of benzene rings is 3. The van der Waals surface area contributed by atoms with Crippen LogP contribution >= 0.6 is 23.1 Å². The molecule has 0 fully saturated rings. The number of halogens is 1. The van der Waals surface area contributed by atoms with E-state index in [-0.39, 0.29) is 17.5 Å². The van der Waals surface area contributed by atoms with Gasteiger partial charge < -0.3 is 5.32 Å². The first kappa shape index (κ1) is 28.7.